The maximum Gasteiger partial charge on any atom is 0.186 e. The first-order valence-electron chi connectivity index (χ1n) is 6.47. The highest BCUT2D eigenvalue weighted by molar-refractivity contribution is 4.89. The van der Waals surface area contributed by atoms with Crippen molar-refractivity contribution in [1.82, 2.24) is 0 Å². The van der Waals surface area contributed by atoms with Crippen molar-refractivity contribution in [2.45, 2.75) is 44.9 Å². The van der Waals surface area contributed by atoms with Crippen LogP contribution in [0.5, 0.6) is 0 Å². The third-order valence-corrected chi connectivity index (χ3v) is 3.21. The predicted molar refractivity (Wildman–Crippen MR) is 64.0 cm³/mol. The summed E-state index contributed by atoms with van der Waals surface area (Å²) in [6, 6.07) is 0. The normalized spacial score (nSPS) is 36.8. The van der Waals surface area contributed by atoms with Crippen molar-refractivity contribution in [1.29, 1.82) is 0 Å². The number of ether oxygens (including phenoxy) is 3. The number of hydrogen-bond acceptors (Lipinski definition) is 6. The molecule has 0 saturated carbocycles. The van der Waals surface area contributed by atoms with E-state index >= 15 is 0 Å². The Morgan fingerprint density at radius 3 is 2.39 bits per heavy atom. The summed E-state index contributed by atoms with van der Waals surface area (Å²) < 4.78 is 16.4. The Bertz CT molecular complexity index is 223. The second-order valence-electron chi connectivity index (χ2n) is 4.30. The van der Waals surface area contributed by atoms with Crippen molar-refractivity contribution in [2.24, 2.45) is 5.92 Å². The van der Waals surface area contributed by atoms with Gasteiger partial charge in [-0.1, -0.05) is 6.92 Å². The zero-order valence-corrected chi connectivity index (χ0v) is 11.0. The molecule has 0 spiro atoms. The van der Waals surface area contributed by atoms with Crippen molar-refractivity contribution in [2.75, 3.05) is 26.4 Å². The maximum atomic E-state index is 10.3. The van der Waals surface area contributed by atoms with Crippen LogP contribution in [-0.2, 0) is 14.2 Å². The number of rotatable bonds is 7. The summed E-state index contributed by atoms with van der Waals surface area (Å²) in [6.45, 7) is 4.00. The van der Waals surface area contributed by atoms with E-state index in [0.717, 1.165) is 0 Å². The van der Waals surface area contributed by atoms with E-state index in [2.05, 4.69) is 0 Å². The quantitative estimate of drug-likeness (QED) is 0.575. The van der Waals surface area contributed by atoms with Gasteiger partial charge in [-0.3, -0.25) is 0 Å². The molecule has 108 valence electrons. The largest absolute Gasteiger partial charge is 0.394 e. The van der Waals surface area contributed by atoms with E-state index in [9.17, 15) is 10.2 Å². The van der Waals surface area contributed by atoms with Gasteiger partial charge in [0.25, 0.3) is 0 Å². The molecule has 0 aromatic carbocycles. The second-order valence-corrected chi connectivity index (χ2v) is 4.30. The lowest BCUT2D eigenvalue weighted by atomic mass is 9.87. The van der Waals surface area contributed by atoms with Crippen molar-refractivity contribution < 1.29 is 29.5 Å². The minimum Gasteiger partial charge on any atom is -0.394 e. The van der Waals surface area contributed by atoms with Gasteiger partial charge in [0.15, 0.2) is 6.29 Å². The third-order valence-electron chi connectivity index (χ3n) is 3.21. The molecule has 1 rings (SSSR count). The van der Waals surface area contributed by atoms with Crippen LogP contribution in [0.3, 0.4) is 0 Å². The van der Waals surface area contributed by atoms with Gasteiger partial charge in [-0.2, -0.15) is 0 Å². The zero-order valence-electron chi connectivity index (χ0n) is 11.0. The van der Waals surface area contributed by atoms with Gasteiger partial charge in [0.2, 0.25) is 0 Å². The van der Waals surface area contributed by atoms with Crippen LogP contribution in [0, 0.1) is 5.92 Å². The Labute approximate surface area is 107 Å². The minimum atomic E-state index is -0.774. The van der Waals surface area contributed by atoms with Crippen LogP contribution in [0.25, 0.3) is 0 Å². The first kappa shape index (κ1) is 15.8. The fourth-order valence-corrected chi connectivity index (χ4v) is 2.32. The highest BCUT2D eigenvalue weighted by Gasteiger charge is 2.45. The Morgan fingerprint density at radius 1 is 1.17 bits per heavy atom. The van der Waals surface area contributed by atoms with E-state index in [-0.39, 0.29) is 25.7 Å². The van der Waals surface area contributed by atoms with Gasteiger partial charge < -0.3 is 29.5 Å². The summed E-state index contributed by atoms with van der Waals surface area (Å²) in [6.07, 6.45) is -1.90. The molecular formula is C12H24O6. The van der Waals surface area contributed by atoms with E-state index in [0.29, 0.717) is 13.0 Å². The summed E-state index contributed by atoms with van der Waals surface area (Å²) in [5.41, 5.74) is 0. The Hall–Kier alpha value is -0.240. The van der Waals surface area contributed by atoms with Gasteiger partial charge in [0.1, 0.15) is 6.10 Å². The van der Waals surface area contributed by atoms with E-state index in [4.69, 9.17) is 19.3 Å². The van der Waals surface area contributed by atoms with Crippen LogP contribution < -0.4 is 0 Å². The standard InChI is InChI=1S/C12H24O6/c1-3-8-9(7-14)18-12(16-4-2)11(10(8)15)17-6-5-13/h8-15H,3-7H2,1-2H3. The molecule has 0 amide bonds. The van der Waals surface area contributed by atoms with Crippen LogP contribution in [0.15, 0.2) is 0 Å². The van der Waals surface area contributed by atoms with Gasteiger partial charge >= 0.3 is 0 Å². The molecule has 1 saturated heterocycles. The van der Waals surface area contributed by atoms with Gasteiger partial charge in [-0.15, -0.1) is 0 Å². The second kappa shape index (κ2) is 8.04. The van der Waals surface area contributed by atoms with Crippen molar-refractivity contribution >= 4 is 0 Å². The molecule has 6 nitrogen and oxygen atoms in total. The third kappa shape index (κ3) is 3.63. The van der Waals surface area contributed by atoms with E-state index < -0.39 is 24.6 Å². The van der Waals surface area contributed by atoms with Gasteiger partial charge in [0.05, 0.1) is 32.0 Å². The first-order chi connectivity index (χ1) is 8.69. The fourth-order valence-electron chi connectivity index (χ4n) is 2.32. The molecule has 1 heterocycles. The molecule has 1 fully saturated rings. The molecule has 0 aromatic rings. The summed E-state index contributed by atoms with van der Waals surface area (Å²) in [7, 11) is 0. The molecule has 5 atom stereocenters. The molecule has 5 unspecified atom stereocenters. The molecule has 18 heavy (non-hydrogen) atoms. The molecule has 6 heteroatoms. The predicted octanol–water partition coefficient (Wildman–Crippen LogP) is -0.495. The van der Waals surface area contributed by atoms with E-state index in [1.165, 1.54) is 0 Å². The van der Waals surface area contributed by atoms with Crippen molar-refractivity contribution in [3.05, 3.63) is 0 Å². The lowest BCUT2D eigenvalue weighted by Crippen LogP contribution is -2.57. The molecule has 0 bridgehead atoms. The van der Waals surface area contributed by atoms with Crippen molar-refractivity contribution in [3.63, 3.8) is 0 Å². The number of aliphatic hydroxyl groups excluding tert-OH is 3. The number of hydrogen-bond donors (Lipinski definition) is 3. The van der Waals surface area contributed by atoms with Crippen LogP contribution in [0.2, 0.25) is 0 Å². The smallest absolute Gasteiger partial charge is 0.186 e. The van der Waals surface area contributed by atoms with Crippen LogP contribution in [0.4, 0.5) is 0 Å². The van der Waals surface area contributed by atoms with E-state index in [1.54, 1.807) is 0 Å². The lowest BCUT2D eigenvalue weighted by Gasteiger charge is -2.43. The maximum absolute atomic E-state index is 10.3. The van der Waals surface area contributed by atoms with E-state index in [1.807, 2.05) is 13.8 Å². The van der Waals surface area contributed by atoms with Gasteiger partial charge in [0, 0.05) is 12.5 Å². The average molecular weight is 264 g/mol. The summed E-state index contributed by atoms with van der Waals surface area (Å²) in [5, 5.41) is 28.4. The van der Waals surface area contributed by atoms with Gasteiger partial charge in [-0.05, 0) is 13.3 Å². The topological polar surface area (TPSA) is 88.4 Å². The summed E-state index contributed by atoms with van der Waals surface area (Å²) >= 11 is 0. The fraction of sp³-hybridized carbons (Fsp3) is 1.00. The van der Waals surface area contributed by atoms with Crippen LogP contribution >= 0.6 is 0 Å². The molecule has 3 N–H and O–H groups in total. The highest BCUT2D eigenvalue weighted by atomic mass is 16.7. The molecule has 0 aromatic heterocycles. The highest BCUT2D eigenvalue weighted by Crippen LogP contribution is 2.30. The van der Waals surface area contributed by atoms with Crippen molar-refractivity contribution in [3.8, 4) is 0 Å². The van der Waals surface area contributed by atoms with Crippen LogP contribution in [0.1, 0.15) is 20.3 Å². The minimum absolute atomic E-state index is 0.120. The first-order valence-corrected chi connectivity index (χ1v) is 6.47. The lowest BCUT2D eigenvalue weighted by molar-refractivity contribution is -0.299. The SMILES string of the molecule is CCOC1OC(CO)C(CC)C(O)C1OCCO. The molecule has 0 radical (unpaired) electrons. The molecule has 1 aliphatic rings. The molecule has 0 aliphatic carbocycles. The number of aliphatic hydroxyl groups is 3. The molecule has 1 aliphatic heterocycles. The zero-order chi connectivity index (χ0) is 13.5. The summed E-state index contributed by atoms with van der Waals surface area (Å²) in [4.78, 5) is 0. The Morgan fingerprint density at radius 2 is 1.89 bits per heavy atom. The van der Waals surface area contributed by atoms with Gasteiger partial charge in [-0.25, -0.2) is 0 Å². The van der Waals surface area contributed by atoms with Crippen LogP contribution in [-0.4, -0.2) is 66.3 Å². The Balaban J connectivity index is 2.75. The summed E-state index contributed by atoms with van der Waals surface area (Å²) in [5.74, 6) is -0.199. The monoisotopic (exact) mass is 264 g/mol. The Kier molecular flexibility index (Phi) is 7.06. The average Bonchev–Trinajstić information content (AvgIpc) is 2.38. The molecular weight excluding hydrogens is 240 g/mol.